The van der Waals surface area contributed by atoms with E-state index in [1.165, 1.54) is 0 Å². The Morgan fingerprint density at radius 3 is 2.65 bits per heavy atom. The van der Waals surface area contributed by atoms with Crippen LogP contribution in [0.4, 0.5) is 4.79 Å². The predicted octanol–water partition coefficient (Wildman–Crippen LogP) is 2.72. The second kappa shape index (κ2) is 6.58. The van der Waals surface area contributed by atoms with E-state index in [0.29, 0.717) is 43.7 Å². The fraction of sp³-hybridized carbons (Fsp3) is 0.600. The number of rotatable bonds is 2. The molecular formula is C20H26N2O4. The lowest BCUT2D eigenvalue weighted by atomic mass is 9.82. The first-order chi connectivity index (χ1) is 12.5. The van der Waals surface area contributed by atoms with Gasteiger partial charge in [0.25, 0.3) is 0 Å². The third-order valence-electron chi connectivity index (χ3n) is 6.19. The lowest BCUT2D eigenvalue weighted by Gasteiger charge is -2.46. The van der Waals surface area contributed by atoms with Crippen LogP contribution in [0, 0.1) is 0 Å². The summed E-state index contributed by atoms with van der Waals surface area (Å²) < 4.78 is 11.5. The molecule has 0 N–H and O–H groups in total. The van der Waals surface area contributed by atoms with Crippen molar-refractivity contribution in [2.24, 2.45) is 0 Å². The van der Waals surface area contributed by atoms with Crippen molar-refractivity contribution < 1.29 is 19.1 Å². The van der Waals surface area contributed by atoms with Gasteiger partial charge in [0.05, 0.1) is 18.1 Å². The van der Waals surface area contributed by atoms with Gasteiger partial charge in [0.1, 0.15) is 11.4 Å². The van der Waals surface area contributed by atoms with E-state index in [1.54, 1.807) is 7.11 Å². The first kappa shape index (κ1) is 17.3. The van der Waals surface area contributed by atoms with Gasteiger partial charge in [-0.15, -0.1) is 0 Å². The van der Waals surface area contributed by atoms with E-state index < -0.39 is 5.60 Å². The lowest BCUT2D eigenvalue weighted by Crippen LogP contribution is -2.57. The summed E-state index contributed by atoms with van der Waals surface area (Å²) in [5.41, 5.74) is 0.215. The Bertz CT molecular complexity index is 706. The highest BCUT2D eigenvalue weighted by molar-refractivity contribution is 6.00. The number of amides is 2. The first-order valence-electron chi connectivity index (χ1n) is 9.37. The van der Waals surface area contributed by atoms with Crippen molar-refractivity contribution in [3.8, 4) is 5.75 Å². The fourth-order valence-corrected chi connectivity index (χ4v) is 4.25. The number of fused-ring (bicyclic) bond motifs is 1. The van der Waals surface area contributed by atoms with Crippen molar-refractivity contribution in [3.63, 3.8) is 0 Å². The van der Waals surface area contributed by atoms with Crippen LogP contribution in [-0.2, 0) is 4.74 Å². The number of hydrogen-bond donors (Lipinski definition) is 0. The summed E-state index contributed by atoms with van der Waals surface area (Å²) in [6.45, 7) is 1.25. The average molecular weight is 358 g/mol. The Hall–Kier alpha value is -2.08. The molecule has 1 saturated carbocycles. The molecular weight excluding hydrogens is 332 g/mol. The van der Waals surface area contributed by atoms with Crippen LogP contribution in [0.3, 0.4) is 0 Å². The topological polar surface area (TPSA) is 59.1 Å². The molecule has 1 aromatic rings. The minimum atomic E-state index is -0.460. The molecule has 0 radical (unpaired) electrons. The van der Waals surface area contributed by atoms with Crippen LogP contribution < -0.4 is 4.74 Å². The van der Waals surface area contributed by atoms with Crippen molar-refractivity contribution in [1.29, 1.82) is 0 Å². The number of para-hydroxylation sites is 1. The minimum absolute atomic E-state index is 0.0712. The molecule has 6 nitrogen and oxygen atoms in total. The second-order valence-electron chi connectivity index (χ2n) is 7.74. The molecule has 1 saturated heterocycles. The summed E-state index contributed by atoms with van der Waals surface area (Å²) in [6, 6.07) is 7.78. The van der Waals surface area contributed by atoms with E-state index in [0.717, 1.165) is 12.8 Å². The SMILES string of the molecule is COC1CC(N(C)C(=O)N2CCC3(CC2)CC(=O)c2ccccc2O3)C1. The van der Waals surface area contributed by atoms with E-state index in [1.807, 2.05) is 41.1 Å². The van der Waals surface area contributed by atoms with Crippen molar-refractivity contribution >= 4 is 11.8 Å². The number of ether oxygens (including phenoxy) is 2. The Morgan fingerprint density at radius 1 is 1.27 bits per heavy atom. The maximum Gasteiger partial charge on any atom is 0.319 e. The average Bonchev–Trinajstić information content (AvgIpc) is 2.61. The summed E-state index contributed by atoms with van der Waals surface area (Å²) in [6.07, 6.45) is 3.88. The van der Waals surface area contributed by atoms with Crippen LogP contribution in [-0.4, -0.2) is 66.6 Å². The Labute approximate surface area is 154 Å². The minimum Gasteiger partial charge on any atom is -0.486 e. The Morgan fingerprint density at radius 2 is 1.96 bits per heavy atom. The van der Waals surface area contributed by atoms with Crippen LogP contribution >= 0.6 is 0 Å². The normalized spacial score (nSPS) is 26.7. The van der Waals surface area contributed by atoms with Crippen molar-refractivity contribution in [2.45, 2.75) is 49.9 Å². The molecule has 0 bridgehead atoms. The molecule has 3 aliphatic rings. The summed E-state index contributed by atoms with van der Waals surface area (Å²) in [4.78, 5) is 29.0. The van der Waals surface area contributed by atoms with Gasteiger partial charge in [0, 0.05) is 46.1 Å². The number of methoxy groups -OCH3 is 1. The number of nitrogens with zero attached hydrogens (tertiary/aromatic N) is 2. The number of urea groups is 1. The van der Waals surface area contributed by atoms with Crippen LogP contribution in [0.5, 0.6) is 5.75 Å². The number of carbonyl (C=O) groups excluding carboxylic acids is 2. The number of Topliss-reactive ketones (excluding diaryl/α,β-unsaturated/α-hetero) is 1. The lowest BCUT2D eigenvalue weighted by molar-refractivity contribution is -0.0228. The molecule has 2 amide bonds. The molecule has 6 heteroatoms. The van der Waals surface area contributed by atoms with Gasteiger partial charge >= 0.3 is 6.03 Å². The van der Waals surface area contributed by atoms with Crippen molar-refractivity contribution in [1.82, 2.24) is 9.80 Å². The standard InChI is InChI=1S/C20H26N2O4/c1-21(14-11-15(12-14)25-2)19(24)22-9-7-20(8-10-22)13-17(23)16-5-3-4-6-18(16)26-20/h3-6,14-15H,7-13H2,1-2H3. The summed E-state index contributed by atoms with van der Waals surface area (Å²) in [7, 11) is 3.59. The van der Waals surface area contributed by atoms with Crippen LogP contribution in [0.25, 0.3) is 0 Å². The number of benzene rings is 1. The molecule has 2 heterocycles. The highest BCUT2D eigenvalue weighted by atomic mass is 16.5. The molecule has 1 spiro atoms. The third kappa shape index (κ3) is 2.96. The maximum absolute atomic E-state index is 12.8. The molecule has 0 unspecified atom stereocenters. The number of piperidine rings is 1. The van der Waals surface area contributed by atoms with Crippen molar-refractivity contribution in [3.05, 3.63) is 29.8 Å². The Kier molecular flexibility index (Phi) is 4.39. The monoisotopic (exact) mass is 358 g/mol. The summed E-state index contributed by atoms with van der Waals surface area (Å²) >= 11 is 0. The van der Waals surface area contributed by atoms with Gasteiger partial charge in [-0.3, -0.25) is 4.79 Å². The maximum atomic E-state index is 12.8. The molecule has 1 aliphatic carbocycles. The molecule has 4 rings (SSSR count). The molecule has 0 atom stereocenters. The summed E-state index contributed by atoms with van der Waals surface area (Å²) in [5, 5.41) is 0. The van der Waals surface area contributed by atoms with Crippen LogP contribution in [0.1, 0.15) is 42.5 Å². The smallest absolute Gasteiger partial charge is 0.319 e. The zero-order chi connectivity index (χ0) is 18.3. The first-order valence-corrected chi connectivity index (χ1v) is 9.37. The highest BCUT2D eigenvalue weighted by Crippen LogP contribution is 2.39. The number of hydrogen-bond acceptors (Lipinski definition) is 4. The van der Waals surface area contributed by atoms with E-state index in [9.17, 15) is 9.59 Å². The Balaban J connectivity index is 1.37. The van der Waals surface area contributed by atoms with Gasteiger partial charge in [-0.05, 0) is 25.0 Å². The van der Waals surface area contributed by atoms with E-state index in [-0.39, 0.29) is 24.0 Å². The highest BCUT2D eigenvalue weighted by Gasteiger charge is 2.44. The van der Waals surface area contributed by atoms with Gasteiger partial charge in [-0.25, -0.2) is 4.79 Å². The van der Waals surface area contributed by atoms with E-state index in [2.05, 4.69) is 0 Å². The summed E-state index contributed by atoms with van der Waals surface area (Å²) in [5.74, 6) is 0.824. The van der Waals surface area contributed by atoms with Gasteiger partial charge in [0.2, 0.25) is 0 Å². The number of carbonyl (C=O) groups is 2. The predicted molar refractivity (Wildman–Crippen MR) is 96.5 cm³/mol. The van der Waals surface area contributed by atoms with E-state index >= 15 is 0 Å². The molecule has 26 heavy (non-hydrogen) atoms. The van der Waals surface area contributed by atoms with Gasteiger partial charge in [0.15, 0.2) is 5.78 Å². The quantitative estimate of drug-likeness (QED) is 0.816. The van der Waals surface area contributed by atoms with Gasteiger partial charge < -0.3 is 19.3 Å². The van der Waals surface area contributed by atoms with Crippen LogP contribution in [0.2, 0.25) is 0 Å². The number of ketones is 1. The second-order valence-corrected chi connectivity index (χ2v) is 7.74. The molecule has 2 fully saturated rings. The zero-order valence-electron chi connectivity index (χ0n) is 15.4. The third-order valence-corrected chi connectivity index (χ3v) is 6.19. The molecule has 140 valence electrons. The molecule has 2 aliphatic heterocycles. The van der Waals surface area contributed by atoms with Crippen molar-refractivity contribution in [2.75, 3.05) is 27.2 Å². The fourth-order valence-electron chi connectivity index (χ4n) is 4.25. The van der Waals surface area contributed by atoms with Gasteiger partial charge in [-0.2, -0.15) is 0 Å². The zero-order valence-corrected chi connectivity index (χ0v) is 15.4. The van der Waals surface area contributed by atoms with Gasteiger partial charge in [-0.1, -0.05) is 12.1 Å². The molecule has 0 aromatic heterocycles. The number of likely N-dealkylation sites (tertiary alicyclic amines) is 1. The molecule has 1 aromatic carbocycles. The van der Waals surface area contributed by atoms with Crippen LogP contribution in [0.15, 0.2) is 24.3 Å². The largest absolute Gasteiger partial charge is 0.486 e. The van der Waals surface area contributed by atoms with E-state index in [4.69, 9.17) is 9.47 Å².